The van der Waals surface area contributed by atoms with E-state index < -0.39 is 6.04 Å². The van der Waals surface area contributed by atoms with Crippen molar-refractivity contribution in [3.05, 3.63) is 23.9 Å². The maximum absolute atomic E-state index is 12.5. The van der Waals surface area contributed by atoms with E-state index in [-0.39, 0.29) is 36.1 Å². The molecule has 1 unspecified atom stereocenters. The molecule has 0 bridgehead atoms. The predicted octanol–water partition coefficient (Wildman–Crippen LogP) is 0.667. The minimum absolute atomic E-state index is 0.00148. The molecule has 27 heavy (non-hydrogen) atoms. The molecule has 2 rings (SSSR count). The van der Waals surface area contributed by atoms with Crippen molar-refractivity contribution in [3.8, 4) is 0 Å². The second-order valence-electron chi connectivity index (χ2n) is 7.32. The molecule has 1 aromatic heterocycles. The van der Waals surface area contributed by atoms with E-state index in [4.69, 9.17) is 5.73 Å². The Morgan fingerprint density at radius 1 is 1.33 bits per heavy atom. The van der Waals surface area contributed by atoms with Crippen LogP contribution in [0.3, 0.4) is 0 Å². The van der Waals surface area contributed by atoms with Gasteiger partial charge in [-0.25, -0.2) is 4.98 Å². The van der Waals surface area contributed by atoms with Gasteiger partial charge >= 0.3 is 0 Å². The molecule has 1 saturated heterocycles. The van der Waals surface area contributed by atoms with Crippen molar-refractivity contribution in [1.82, 2.24) is 15.2 Å². The number of pyridine rings is 1. The van der Waals surface area contributed by atoms with E-state index in [1.165, 1.54) is 0 Å². The van der Waals surface area contributed by atoms with Crippen molar-refractivity contribution in [2.24, 2.45) is 17.6 Å². The summed E-state index contributed by atoms with van der Waals surface area (Å²) < 4.78 is 0. The highest BCUT2D eigenvalue weighted by molar-refractivity contribution is 5.92. The Balaban J connectivity index is 1.86. The highest BCUT2D eigenvalue weighted by Gasteiger charge is 2.29. The summed E-state index contributed by atoms with van der Waals surface area (Å²) in [6.07, 6.45) is 1.45. The molecule has 0 aliphatic carbocycles. The van der Waals surface area contributed by atoms with Gasteiger partial charge in [0.25, 0.3) is 0 Å². The molecule has 0 saturated carbocycles. The number of nitrogens with two attached hydrogens (primary N) is 1. The first kappa shape index (κ1) is 20.8. The fraction of sp³-hybridized carbons (Fsp3) is 0.579. The first-order valence-electron chi connectivity index (χ1n) is 9.33. The summed E-state index contributed by atoms with van der Waals surface area (Å²) in [5.74, 6) is -0.465. The van der Waals surface area contributed by atoms with Gasteiger partial charge in [0.15, 0.2) is 0 Å². The number of piperidine rings is 1. The third-order valence-corrected chi connectivity index (χ3v) is 4.72. The van der Waals surface area contributed by atoms with Crippen molar-refractivity contribution < 1.29 is 14.4 Å². The number of carbonyl (C=O) groups excluding carboxylic acids is 3. The highest BCUT2D eigenvalue weighted by atomic mass is 16.2. The Kier molecular flexibility index (Phi) is 7.29. The van der Waals surface area contributed by atoms with Crippen molar-refractivity contribution in [3.63, 3.8) is 0 Å². The summed E-state index contributed by atoms with van der Waals surface area (Å²) in [5, 5.41) is 5.40. The van der Waals surface area contributed by atoms with E-state index in [1.54, 1.807) is 11.0 Å². The molecule has 0 aromatic carbocycles. The summed E-state index contributed by atoms with van der Waals surface area (Å²) in [4.78, 5) is 42.7. The number of aryl methyl sites for hydroxylation is 1. The second kappa shape index (κ2) is 9.45. The molecule has 1 aliphatic heterocycles. The lowest BCUT2D eigenvalue weighted by Gasteiger charge is -2.32. The number of nitrogens with zero attached hydrogens (tertiary/aromatic N) is 2. The third kappa shape index (κ3) is 6.02. The lowest BCUT2D eigenvalue weighted by atomic mass is 9.97. The average Bonchev–Trinajstić information content (AvgIpc) is 2.65. The lowest BCUT2D eigenvalue weighted by Crippen LogP contribution is -2.50. The minimum atomic E-state index is -0.639. The van der Waals surface area contributed by atoms with Crippen LogP contribution < -0.4 is 16.4 Å². The van der Waals surface area contributed by atoms with E-state index >= 15 is 0 Å². The van der Waals surface area contributed by atoms with Gasteiger partial charge in [-0.15, -0.1) is 0 Å². The molecule has 0 radical (unpaired) electrons. The number of anilines is 1. The zero-order chi connectivity index (χ0) is 20.0. The van der Waals surface area contributed by atoms with Crippen LogP contribution in [0, 0.1) is 18.8 Å². The number of hydrogen-bond donors (Lipinski definition) is 3. The molecule has 3 amide bonds. The molecule has 2 heterocycles. The number of amides is 3. The minimum Gasteiger partial charge on any atom is -0.346 e. The van der Waals surface area contributed by atoms with Gasteiger partial charge in [0.05, 0.1) is 18.5 Å². The molecule has 1 aromatic rings. The smallest absolute Gasteiger partial charge is 0.241 e. The van der Waals surface area contributed by atoms with Crippen molar-refractivity contribution in [2.75, 3.05) is 25.0 Å². The van der Waals surface area contributed by atoms with Crippen LogP contribution in [0.1, 0.15) is 32.4 Å². The Bertz CT molecular complexity index is 692. The standard InChI is InChI=1S/C19H29N5O3/c1-12(2)17(20)19(27)21-10-16(25)24-9-5-7-14(11-24)18(26)23-15-8-4-6-13(3)22-15/h4,6,8,12,14,17H,5,7,9-11,20H2,1-3H3,(H,21,27)(H,22,23,26)/t14?,17-/m0/s1. The molecule has 8 heteroatoms. The van der Waals surface area contributed by atoms with E-state index in [1.807, 2.05) is 32.9 Å². The lowest BCUT2D eigenvalue weighted by molar-refractivity contribution is -0.136. The van der Waals surface area contributed by atoms with Crippen LogP contribution in [0.25, 0.3) is 0 Å². The molecule has 8 nitrogen and oxygen atoms in total. The van der Waals surface area contributed by atoms with Crippen LogP contribution in [0.4, 0.5) is 5.82 Å². The summed E-state index contributed by atoms with van der Waals surface area (Å²) >= 11 is 0. The fourth-order valence-corrected chi connectivity index (χ4v) is 2.95. The molecular weight excluding hydrogens is 346 g/mol. The van der Waals surface area contributed by atoms with Crippen LogP contribution in [0.2, 0.25) is 0 Å². The maximum atomic E-state index is 12.5. The largest absolute Gasteiger partial charge is 0.346 e. The van der Waals surface area contributed by atoms with Gasteiger partial charge in [-0.2, -0.15) is 0 Å². The van der Waals surface area contributed by atoms with Crippen LogP contribution in [0.15, 0.2) is 18.2 Å². The fourth-order valence-electron chi connectivity index (χ4n) is 2.95. The Hall–Kier alpha value is -2.48. The zero-order valence-corrected chi connectivity index (χ0v) is 16.2. The van der Waals surface area contributed by atoms with Crippen LogP contribution in [-0.4, -0.2) is 53.3 Å². The van der Waals surface area contributed by atoms with Crippen molar-refractivity contribution in [2.45, 2.75) is 39.7 Å². The Morgan fingerprint density at radius 2 is 2.07 bits per heavy atom. The molecule has 0 spiro atoms. The predicted molar refractivity (Wildman–Crippen MR) is 103 cm³/mol. The highest BCUT2D eigenvalue weighted by Crippen LogP contribution is 2.18. The van der Waals surface area contributed by atoms with E-state index in [0.29, 0.717) is 25.3 Å². The number of carbonyl (C=O) groups is 3. The van der Waals surface area contributed by atoms with E-state index in [9.17, 15) is 14.4 Å². The topological polar surface area (TPSA) is 117 Å². The quantitative estimate of drug-likeness (QED) is 0.675. The van der Waals surface area contributed by atoms with Crippen molar-refractivity contribution in [1.29, 1.82) is 0 Å². The zero-order valence-electron chi connectivity index (χ0n) is 16.2. The number of rotatable bonds is 6. The number of aromatic nitrogens is 1. The number of likely N-dealkylation sites (tertiary alicyclic amines) is 1. The summed E-state index contributed by atoms with van der Waals surface area (Å²) in [6.45, 7) is 6.37. The average molecular weight is 375 g/mol. The molecule has 1 fully saturated rings. The summed E-state index contributed by atoms with van der Waals surface area (Å²) in [7, 11) is 0. The summed E-state index contributed by atoms with van der Waals surface area (Å²) in [6, 6.07) is 4.79. The molecule has 4 N–H and O–H groups in total. The molecular formula is C19H29N5O3. The van der Waals surface area contributed by atoms with Crippen LogP contribution in [0.5, 0.6) is 0 Å². The molecule has 148 valence electrons. The van der Waals surface area contributed by atoms with Gasteiger partial charge in [-0.05, 0) is 37.8 Å². The third-order valence-electron chi connectivity index (χ3n) is 4.72. The number of hydrogen-bond acceptors (Lipinski definition) is 5. The SMILES string of the molecule is Cc1cccc(NC(=O)C2CCCN(C(=O)CNC(=O)[C@@H](N)C(C)C)C2)n1. The van der Waals surface area contributed by atoms with E-state index in [0.717, 1.165) is 12.1 Å². The van der Waals surface area contributed by atoms with Crippen LogP contribution in [-0.2, 0) is 14.4 Å². The molecule has 1 aliphatic rings. The van der Waals surface area contributed by atoms with Crippen LogP contribution >= 0.6 is 0 Å². The molecule has 2 atom stereocenters. The van der Waals surface area contributed by atoms with Gasteiger partial charge in [-0.1, -0.05) is 19.9 Å². The van der Waals surface area contributed by atoms with Gasteiger partial charge in [0.1, 0.15) is 5.82 Å². The first-order chi connectivity index (χ1) is 12.8. The normalized spacial score (nSPS) is 18.1. The monoisotopic (exact) mass is 375 g/mol. The van der Waals surface area contributed by atoms with Gasteiger partial charge in [0, 0.05) is 18.8 Å². The van der Waals surface area contributed by atoms with Gasteiger partial charge < -0.3 is 21.3 Å². The Morgan fingerprint density at radius 3 is 2.74 bits per heavy atom. The summed E-state index contributed by atoms with van der Waals surface area (Å²) in [5.41, 5.74) is 6.60. The first-order valence-corrected chi connectivity index (χ1v) is 9.33. The van der Waals surface area contributed by atoms with Gasteiger partial charge in [-0.3, -0.25) is 14.4 Å². The number of nitrogens with one attached hydrogen (secondary N) is 2. The van der Waals surface area contributed by atoms with Crippen molar-refractivity contribution >= 4 is 23.5 Å². The maximum Gasteiger partial charge on any atom is 0.241 e. The van der Waals surface area contributed by atoms with E-state index in [2.05, 4.69) is 15.6 Å². The second-order valence-corrected chi connectivity index (χ2v) is 7.32. The Labute approximate surface area is 159 Å². The van der Waals surface area contributed by atoms with Gasteiger partial charge in [0.2, 0.25) is 17.7 Å².